The number of carbonyl (C=O) groups excluding carboxylic acids is 3. The predicted molar refractivity (Wildman–Crippen MR) is 144 cm³/mol. The van der Waals surface area contributed by atoms with E-state index in [1.165, 1.54) is 0 Å². The van der Waals surface area contributed by atoms with Crippen molar-refractivity contribution in [3.05, 3.63) is 71.1 Å². The summed E-state index contributed by atoms with van der Waals surface area (Å²) in [6.45, 7) is 3.42. The fourth-order valence-electron chi connectivity index (χ4n) is 5.79. The molecule has 0 spiro atoms. The van der Waals surface area contributed by atoms with Crippen LogP contribution in [0.4, 0.5) is 4.79 Å². The number of rotatable bonds is 8. The van der Waals surface area contributed by atoms with E-state index >= 15 is 0 Å². The highest BCUT2D eigenvalue weighted by Gasteiger charge is 2.57. The van der Waals surface area contributed by atoms with Gasteiger partial charge in [0, 0.05) is 17.7 Å². The number of aromatic hydroxyl groups is 1. The average Bonchev–Trinajstić information content (AvgIpc) is 3.19. The highest BCUT2D eigenvalue weighted by Crippen LogP contribution is 2.48. The number of pyridine rings is 1. The van der Waals surface area contributed by atoms with E-state index in [2.05, 4.69) is 9.72 Å². The van der Waals surface area contributed by atoms with Crippen molar-refractivity contribution in [3.8, 4) is 5.75 Å². The van der Waals surface area contributed by atoms with Crippen LogP contribution in [0.3, 0.4) is 0 Å². The lowest BCUT2D eigenvalue weighted by atomic mass is 9.66. The van der Waals surface area contributed by atoms with Gasteiger partial charge in [0.1, 0.15) is 5.75 Å². The van der Waals surface area contributed by atoms with E-state index in [0.717, 1.165) is 18.3 Å². The van der Waals surface area contributed by atoms with Crippen molar-refractivity contribution in [1.29, 1.82) is 0 Å². The van der Waals surface area contributed by atoms with Gasteiger partial charge in [0.2, 0.25) is 11.8 Å². The number of carbonyl (C=O) groups is 3. The number of nitrogens with zero attached hydrogens (tertiary/aromatic N) is 2. The first-order valence-corrected chi connectivity index (χ1v) is 13.1. The molecule has 9 nitrogen and oxygen atoms in total. The standard InChI is InChI=1S/C30H34N2O7/c1-17(2)20-15-21-27(29(37)32(28(21)36)30(38)39-3)22(16-33)26(20)25(35)12-11-18(23-9-6-7-13-31-23)14-19-8-4-5-10-24(19)34/h4-10,13-14,17,21-22,25,27,33-35H,11-12,15-16H2,1-3H3/b18-14-/t21-,22+,25-,27-/m1/s1. The molecule has 1 aliphatic carbocycles. The van der Waals surface area contributed by atoms with Crippen LogP contribution in [0.5, 0.6) is 5.75 Å². The molecule has 39 heavy (non-hydrogen) atoms. The van der Waals surface area contributed by atoms with Crippen molar-refractivity contribution in [2.24, 2.45) is 23.7 Å². The molecule has 4 atom stereocenters. The highest BCUT2D eigenvalue weighted by atomic mass is 16.5. The molecule has 0 saturated carbocycles. The first-order valence-electron chi connectivity index (χ1n) is 13.1. The van der Waals surface area contributed by atoms with Crippen molar-refractivity contribution < 1.29 is 34.4 Å². The number of benzene rings is 1. The van der Waals surface area contributed by atoms with Gasteiger partial charge in [-0.05, 0) is 60.6 Å². The van der Waals surface area contributed by atoms with Crippen LogP contribution in [0, 0.1) is 23.7 Å². The molecule has 3 N–H and O–H groups in total. The zero-order valence-electron chi connectivity index (χ0n) is 22.3. The number of ether oxygens (including phenoxy) is 1. The zero-order valence-corrected chi connectivity index (χ0v) is 22.3. The van der Waals surface area contributed by atoms with E-state index in [1.807, 2.05) is 38.1 Å². The fourth-order valence-corrected chi connectivity index (χ4v) is 5.79. The predicted octanol–water partition coefficient (Wildman–Crippen LogP) is 3.80. The lowest BCUT2D eigenvalue weighted by Gasteiger charge is -2.38. The van der Waals surface area contributed by atoms with Gasteiger partial charge in [-0.2, -0.15) is 4.90 Å². The first-order chi connectivity index (χ1) is 18.7. The topological polar surface area (TPSA) is 137 Å². The minimum atomic E-state index is -1.04. The number of para-hydroxylation sites is 1. The highest BCUT2D eigenvalue weighted by molar-refractivity contribution is 6.16. The maximum atomic E-state index is 13.2. The third-order valence-corrected chi connectivity index (χ3v) is 7.68. The number of aromatic nitrogens is 1. The molecule has 1 aromatic carbocycles. The van der Waals surface area contributed by atoms with E-state index in [1.54, 1.807) is 30.5 Å². The Hall–Kier alpha value is -3.82. The van der Waals surface area contributed by atoms with Crippen LogP contribution >= 0.6 is 0 Å². The second-order valence-electron chi connectivity index (χ2n) is 10.2. The largest absolute Gasteiger partial charge is 0.507 e. The quantitative estimate of drug-likeness (QED) is 0.344. The van der Waals surface area contributed by atoms with E-state index < -0.39 is 48.4 Å². The molecular weight excluding hydrogens is 500 g/mol. The average molecular weight is 535 g/mol. The molecule has 206 valence electrons. The monoisotopic (exact) mass is 534 g/mol. The molecule has 0 unspecified atom stereocenters. The lowest BCUT2D eigenvalue weighted by Crippen LogP contribution is -2.40. The van der Waals surface area contributed by atoms with Crippen molar-refractivity contribution >= 4 is 29.6 Å². The zero-order chi connectivity index (χ0) is 28.3. The molecule has 4 rings (SSSR count). The number of aliphatic hydroxyl groups excluding tert-OH is 2. The Morgan fingerprint density at radius 3 is 2.49 bits per heavy atom. The molecule has 1 fully saturated rings. The summed E-state index contributed by atoms with van der Waals surface area (Å²) in [7, 11) is 1.10. The van der Waals surface area contributed by atoms with Gasteiger partial charge in [-0.1, -0.05) is 43.7 Å². The Bertz CT molecular complexity index is 1300. The Balaban J connectivity index is 1.67. The van der Waals surface area contributed by atoms with Crippen LogP contribution in [-0.4, -0.2) is 62.9 Å². The van der Waals surface area contributed by atoms with Crippen molar-refractivity contribution in [1.82, 2.24) is 9.88 Å². The first kappa shape index (κ1) is 28.2. The maximum Gasteiger partial charge on any atom is 0.423 e. The Morgan fingerprint density at radius 2 is 1.87 bits per heavy atom. The third kappa shape index (κ3) is 5.51. The van der Waals surface area contributed by atoms with E-state index in [0.29, 0.717) is 28.2 Å². The molecule has 1 saturated heterocycles. The number of methoxy groups -OCH3 is 1. The summed E-state index contributed by atoms with van der Waals surface area (Å²) in [4.78, 5) is 43.4. The van der Waals surface area contributed by atoms with Gasteiger partial charge in [-0.15, -0.1) is 0 Å². The second-order valence-corrected chi connectivity index (χ2v) is 10.2. The van der Waals surface area contributed by atoms with Crippen LogP contribution in [0.1, 0.15) is 44.4 Å². The Morgan fingerprint density at radius 1 is 1.15 bits per heavy atom. The molecular formula is C30H34N2O7. The molecule has 0 bridgehead atoms. The summed E-state index contributed by atoms with van der Waals surface area (Å²) >= 11 is 0. The van der Waals surface area contributed by atoms with E-state index in [-0.39, 0.29) is 24.5 Å². The SMILES string of the molecule is COC(=O)N1C(=O)[C@@H]2[C@@H](CC(C(C)C)=C([C@H](O)CC/C(=C/c3ccccc3O)c3ccccn3)[C@@H]2CO)C1=O. The van der Waals surface area contributed by atoms with Crippen LogP contribution in [0.2, 0.25) is 0 Å². The number of likely N-dealkylation sites (tertiary alicyclic amines) is 1. The molecule has 1 aliphatic heterocycles. The summed E-state index contributed by atoms with van der Waals surface area (Å²) in [6, 6.07) is 12.4. The smallest absolute Gasteiger partial charge is 0.423 e. The van der Waals surface area contributed by atoms with Crippen LogP contribution in [0.25, 0.3) is 11.6 Å². The number of phenolic OH excluding ortho intramolecular Hbond substituents is 1. The second kappa shape index (κ2) is 11.9. The molecule has 2 heterocycles. The Kier molecular flexibility index (Phi) is 8.62. The number of hydrogen-bond acceptors (Lipinski definition) is 8. The van der Waals surface area contributed by atoms with E-state index in [4.69, 9.17) is 0 Å². The Labute approximate surface area is 227 Å². The number of imide groups is 3. The van der Waals surface area contributed by atoms with Gasteiger partial charge in [-0.25, -0.2) is 4.79 Å². The number of aliphatic hydroxyl groups is 2. The fraction of sp³-hybridized carbons (Fsp3) is 0.400. The number of amides is 3. The van der Waals surface area contributed by atoms with Crippen molar-refractivity contribution in [2.45, 2.75) is 39.2 Å². The summed E-state index contributed by atoms with van der Waals surface area (Å²) in [5.41, 5.74) is 3.45. The molecule has 2 aliphatic rings. The normalized spacial score (nSPS) is 22.4. The number of phenols is 1. The molecule has 0 radical (unpaired) electrons. The number of hydrogen-bond donors (Lipinski definition) is 3. The number of allylic oxidation sites excluding steroid dienone is 2. The van der Waals surface area contributed by atoms with Gasteiger partial charge in [-0.3, -0.25) is 14.6 Å². The van der Waals surface area contributed by atoms with Gasteiger partial charge in [0.05, 0.1) is 37.4 Å². The summed E-state index contributed by atoms with van der Waals surface area (Å²) < 4.78 is 4.65. The maximum absolute atomic E-state index is 13.2. The third-order valence-electron chi connectivity index (χ3n) is 7.68. The van der Waals surface area contributed by atoms with Crippen molar-refractivity contribution in [2.75, 3.05) is 13.7 Å². The van der Waals surface area contributed by atoms with Crippen LogP contribution in [-0.2, 0) is 14.3 Å². The van der Waals surface area contributed by atoms with E-state index in [9.17, 15) is 29.7 Å². The summed E-state index contributed by atoms with van der Waals surface area (Å²) in [5.74, 6) is -3.86. The molecule has 3 amide bonds. The minimum Gasteiger partial charge on any atom is -0.507 e. The van der Waals surface area contributed by atoms with Gasteiger partial charge in [0.25, 0.3) is 0 Å². The van der Waals surface area contributed by atoms with Gasteiger partial charge < -0.3 is 20.1 Å². The molecule has 1 aromatic heterocycles. The summed E-state index contributed by atoms with van der Waals surface area (Å²) in [6.07, 6.45) is 2.28. The van der Waals surface area contributed by atoms with Gasteiger partial charge >= 0.3 is 6.09 Å². The minimum absolute atomic E-state index is 0.0632. The number of fused-ring (bicyclic) bond motifs is 1. The lowest BCUT2D eigenvalue weighted by molar-refractivity contribution is -0.137. The van der Waals surface area contributed by atoms with Crippen LogP contribution < -0.4 is 0 Å². The van der Waals surface area contributed by atoms with Gasteiger partial charge in [0.15, 0.2) is 0 Å². The van der Waals surface area contributed by atoms with Crippen molar-refractivity contribution in [3.63, 3.8) is 0 Å². The van der Waals surface area contributed by atoms with Crippen LogP contribution in [0.15, 0.2) is 59.8 Å². The molecule has 2 aromatic rings. The summed E-state index contributed by atoms with van der Waals surface area (Å²) in [5, 5.41) is 32.3. The molecule has 9 heteroatoms.